The van der Waals surface area contributed by atoms with Crippen LogP contribution in [0.25, 0.3) is 0 Å². The Kier molecular flexibility index (Phi) is 6.10. The van der Waals surface area contributed by atoms with E-state index in [0.717, 1.165) is 64.5 Å². The first-order chi connectivity index (χ1) is 9.70. The molecule has 1 saturated carbocycles. The van der Waals surface area contributed by atoms with Gasteiger partial charge in [-0.2, -0.15) is 0 Å². The largest absolute Gasteiger partial charge is 0.393 e. The number of rotatable bonds is 5. The molecule has 0 spiro atoms. The first kappa shape index (κ1) is 15.6. The SMILES string of the molecule is CCNC(=NCC1CCCC1O)N(C)CC1CCOC1. The molecule has 0 aromatic rings. The average molecular weight is 283 g/mol. The Labute approximate surface area is 122 Å². The number of ether oxygens (including phenoxy) is 1. The molecule has 2 rings (SSSR count). The van der Waals surface area contributed by atoms with Crippen molar-refractivity contribution in [2.24, 2.45) is 16.8 Å². The lowest BCUT2D eigenvalue weighted by Crippen LogP contribution is -2.42. The topological polar surface area (TPSA) is 57.1 Å². The van der Waals surface area contributed by atoms with Gasteiger partial charge in [0, 0.05) is 45.1 Å². The molecule has 0 aromatic carbocycles. The van der Waals surface area contributed by atoms with Crippen molar-refractivity contribution in [2.75, 3.05) is 39.9 Å². The fourth-order valence-electron chi connectivity index (χ4n) is 3.10. The summed E-state index contributed by atoms with van der Waals surface area (Å²) in [5.41, 5.74) is 0. The molecule has 20 heavy (non-hydrogen) atoms. The van der Waals surface area contributed by atoms with E-state index in [4.69, 9.17) is 9.73 Å². The van der Waals surface area contributed by atoms with Crippen LogP contribution in [0, 0.1) is 11.8 Å². The fourth-order valence-corrected chi connectivity index (χ4v) is 3.10. The van der Waals surface area contributed by atoms with Gasteiger partial charge in [-0.3, -0.25) is 4.99 Å². The van der Waals surface area contributed by atoms with Gasteiger partial charge in [0.1, 0.15) is 0 Å². The third-order valence-corrected chi connectivity index (χ3v) is 4.35. The predicted molar refractivity (Wildman–Crippen MR) is 80.9 cm³/mol. The van der Waals surface area contributed by atoms with Crippen molar-refractivity contribution < 1.29 is 9.84 Å². The van der Waals surface area contributed by atoms with E-state index in [0.29, 0.717) is 11.8 Å². The number of aliphatic imine (C=N–C) groups is 1. The highest BCUT2D eigenvalue weighted by atomic mass is 16.5. The maximum atomic E-state index is 9.88. The second-order valence-corrected chi connectivity index (χ2v) is 6.06. The minimum Gasteiger partial charge on any atom is -0.393 e. The number of hydrogen-bond donors (Lipinski definition) is 2. The first-order valence-electron chi connectivity index (χ1n) is 7.96. The lowest BCUT2D eigenvalue weighted by Gasteiger charge is -2.25. The first-order valence-corrected chi connectivity index (χ1v) is 7.96. The van der Waals surface area contributed by atoms with E-state index < -0.39 is 0 Å². The summed E-state index contributed by atoms with van der Waals surface area (Å²) in [6.07, 6.45) is 4.16. The van der Waals surface area contributed by atoms with E-state index in [1.165, 1.54) is 0 Å². The molecule has 3 unspecified atom stereocenters. The Hall–Kier alpha value is -0.810. The van der Waals surface area contributed by atoms with Crippen molar-refractivity contribution in [1.82, 2.24) is 10.2 Å². The van der Waals surface area contributed by atoms with Crippen molar-refractivity contribution in [3.05, 3.63) is 0 Å². The van der Waals surface area contributed by atoms with Gasteiger partial charge in [-0.1, -0.05) is 6.42 Å². The van der Waals surface area contributed by atoms with Crippen LogP contribution in [0.5, 0.6) is 0 Å². The van der Waals surface area contributed by atoms with Crippen LogP contribution in [0.2, 0.25) is 0 Å². The van der Waals surface area contributed by atoms with E-state index in [1.54, 1.807) is 0 Å². The smallest absolute Gasteiger partial charge is 0.193 e. The van der Waals surface area contributed by atoms with Crippen LogP contribution in [0.15, 0.2) is 4.99 Å². The standard InChI is InChI=1S/C15H29N3O2/c1-3-16-15(17-9-13-5-4-6-14(13)19)18(2)10-12-7-8-20-11-12/h12-14,19H,3-11H2,1-2H3,(H,16,17). The summed E-state index contributed by atoms with van der Waals surface area (Å²) in [6.45, 7) is 6.43. The maximum absolute atomic E-state index is 9.88. The molecule has 116 valence electrons. The summed E-state index contributed by atoms with van der Waals surface area (Å²) in [4.78, 5) is 6.92. The molecule has 0 amide bonds. The van der Waals surface area contributed by atoms with Crippen molar-refractivity contribution in [3.63, 3.8) is 0 Å². The fraction of sp³-hybridized carbons (Fsp3) is 0.933. The molecular weight excluding hydrogens is 254 g/mol. The molecule has 2 N–H and O–H groups in total. The monoisotopic (exact) mass is 283 g/mol. The van der Waals surface area contributed by atoms with Gasteiger partial charge >= 0.3 is 0 Å². The van der Waals surface area contributed by atoms with Crippen molar-refractivity contribution >= 4 is 5.96 Å². The quantitative estimate of drug-likeness (QED) is 0.585. The van der Waals surface area contributed by atoms with Gasteiger partial charge in [0.15, 0.2) is 5.96 Å². The Balaban J connectivity index is 1.86. The molecular formula is C15H29N3O2. The van der Waals surface area contributed by atoms with E-state index >= 15 is 0 Å². The number of guanidine groups is 1. The maximum Gasteiger partial charge on any atom is 0.193 e. The van der Waals surface area contributed by atoms with Gasteiger partial charge in [0.25, 0.3) is 0 Å². The minimum atomic E-state index is -0.157. The third kappa shape index (κ3) is 4.35. The van der Waals surface area contributed by atoms with E-state index in [9.17, 15) is 5.11 Å². The molecule has 1 aliphatic carbocycles. The zero-order valence-electron chi connectivity index (χ0n) is 12.8. The van der Waals surface area contributed by atoms with Crippen LogP contribution < -0.4 is 5.32 Å². The zero-order chi connectivity index (χ0) is 14.4. The molecule has 5 heteroatoms. The van der Waals surface area contributed by atoms with Crippen molar-refractivity contribution in [2.45, 2.75) is 38.7 Å². The number of hydrogen-bond acceptors (Lipinski definition) is 3. The number of nitrogens with one attached hydrogen (secondary N) is 1. The van der Waals surface area contributed by atoms with Gasteiger partial charge in [0.05, 0.1) is 12.7 Å². The lowest BCUT2D eigenvalue weighted by atomic mass is 10.1. The highest BCUT2D eigenvalue weighted by molar-refractivity contribution is 5.79. The van der Waals surface area contributed by atoms with Crippen LogP contribution in [-0.4, -0.2) is 62.0 Å². The average Bonchev–Trinajstić information content (AvgIpc) is 3.06. The van der Waals surface area contributed by atoms with Gasteiger partial charge in [-0.05, 0) is 26.2 Å². The molecule has 2 fully saturated rings. The number of nitrogens with zero attached hydrogens (tertiary/aromatic N) is 2. The molecule has 5 nitrogen and oxygen atoms in total. The number of aliphatic hydroxyl groups is 1. The molecule has 0 radical (unpaired) electrons. The molecule has 0 aromatic heterocycles. The summed E-state index contributed by atoms with van der Waals surface area (Å²) in [5, 5.41) is 13.2. The minimum absolute atomic E-state index is 0.157. The van der Waals surface area contributed by atoms with Gasteiger partial charge in [0.2, 0.25) is 0 Å². The summed E-state index contributed by atoms with van der Waals surface area (Å²) in [5.74, 6) is 1.91. The van der Waals surface area contributed by atoms with Crippen LogP contribution >= 0.6 is 0 Å². The highest BCUT2D eigenvalue weighted by Gasteiger charge is 2.25. The summed E-state index contributed by atoms with van der Waals surface area (Å²) in [7, 11) is 2.09. The van der Waals surface area contributed by atoms with E-state index in [-0.39, 0.29) is 6.10 Å². The van der Waals surface area contributed by atoms with Crippen molar-refractivity contribution in [3.8, 4) is 0 Å². The van der Waals surface area contributed by atoms with Crippen molar-refractivity contribution in [1.29, 1.82) is 0 Å². The van der Waals surface area contributed by atoms with Gasteiger partial charge in [-0.15, -0.1) is 0 Å². The zero-order valence-corrected chi connectivity index (χ0v) is 12.8. The highest BCUT2D eigenvalue weighted by Crippen LogP contribution is 2.25. The van der Waals surface area contributed by atoms with Crippen LogP contribution in [-0.2, 0) is 4.74 Å². The molecule has 2 aliphatic rings. The van der Waals surface area contributed by atoms with Crippen LogP contribution in [0.3, 0.4) is 0 Å². The normalized spacial score (nSPS) is 30.8. The lowest BCUT2D eigenvalue weighted by molar-refractivity contribution is 0.136. The molecule has 0 bridgehead atoms. The Bertz CT molecular complexity index is 316. The van der Waals surface area contributed by atoms with E-state index in [2.05, 4.69) is 24.2 Å². The molecule has 1 saturated heterocycles. The summed E-state index contributed by atoms with van der Waals surface area (Å²) >= 11 is 0. The van der Waals surface area contributed by atoms with E-state index in [1.807, 2.05) is 0 Å². The Morgan fingerprint density at radius 3 is 2.85 bits per heavy atom. The van der Waals surface area contributed by atoms with Crippen LogP contribution in [0.1, 0.15) is 32.6 Å². The third-order valence-electron chi connectivity index (χ3n) is 4.35. The second-order valence-electron chi connectivity index (χ2n) is 6.06. The predicted octanol–water partition coefficient (Wildman–Crippen LogP) is 1.08. The molecule has 3 atom stereocenters. The van der Waals surface area contributed by atoms with Crippen LogP contribution in [0.4, 0.5) is 0 Å². The molecule has 1 aliphatic heterocycles. The Morgan fingerprint density at radius 1 is 1.40 bits per heavy atom. The Morgan fingerprint density at radius 2 is 2.25 bits per heavy atom. The molecule has 1 heterocycles. The summed E-state index contributed by atoms with van der Waals surface area (Å²) < 4.78 is 5.43. The summed E-state index contributed by atoms with van der Waals surface area (Å²) in [6, 6.07) is 0. The number of aliphatic hydroxyl groups excluding tert-OH is 1. The second kappa shape index (κ2) is 7.84. The van der Waals surface area contributed by atoms with Gasteiger partial charge in [-0.25, -0.2) is 0 Å². The van der Waals surface area contributed by atoms with Gasteiger partial charge < -0.3 is 20.1 Å².